The summed E-state index contributed by atoms with van der Waals surface area (Å²) in [7, 11) is 1.94. The molecule has 2 heterocycles. The summed E-state index contributed by atoms with van der Waals surface area (Å²) in [6.07, 6.45) is 6.76. The molecule has 0 aromatic carbocycles. The standard InChI is InChI=1S/C13H17ClN6O/c1-20-7-6-15-12(20)11(8-2-3-8)17-10(21)5-4-9-16-13(14)19-18-9/h6-8,11H,2-5H2,1H3,(H,17,21)(H,16,18,19)/t11-/m1/s1. The van der Waals surface area contributed by atoms with E-state index < -0.39 is 0 Å². The Labute approximate surface area is 127 Å². The second-order valence-corrected chi connectivity index (χ2v) is 5.67. The smallest absolute Gasteiger partial charge is 0.242 e. The lowest BCUT2D eigenvalue weighted by molar-refractivity contribution is -0.122. The van der Waals surface area contributed by atoms with Crippen molar-refractivity contribution in [3.05, 3.63) is 29.3 Å². The molecule has 8 heteroatoms. The summed E-state index contributed by atoms with van der Waals surface area (Å²) < 4.78 is 1.96. The van der Waals surface area contributed by atoms with Crippen LogP contribution in [0, 0.1) is 5.92 Å². The van der Waals surface area contributed by atoms with Crippen LogP contribution in [0.1, 0.15) is 37.0 Å². The maximum atomic E-state index is 12.1. The van der Waals surface area contributed by atoms with Crippen molar-refractivity contribution in [2.24, 2.45) is 13.0 Å². The van der Waals surface area contributed by atoms with E-state index in [0.717, 1.165) is 18.7 Å². The average Bonchev–Trinajstić information content (AvgIpc) is 3.08. The maximum absolute atomic E-state index is 12.1. The Morgan fingerprint density at radius 3 is 3.00 bits per heavy atom. The number of imidazole rings is 1. The number of halogens is 1. The molecule has 0 bridgehead atoms. The first-order chi connectivity index (χ1) is 10.1. The number of H-pyrrole nitrogens is 1. The van der Waals surface area contributed by atoms with Gasteiger partial charge in [0.1, 0.15) is 11.6 Å². The lowest BCUT2D eigenvalue weighted by Crippen LogP contribution is -2.31. The molecule has 2 N–H and O–H groups in total. The molecule has 1 aliphatic carbocycles. The first kappa shape index (κ1) is 14.1. The van der Waals surface area contributed by atoms with Gasteiger partial charge in [0, 0.05) is 32.3 Å². The number of carbonyl (C=O) groups is 1. The van der Waals surface area contributed by atoms with E-state index in [4.69, 9.17) is 11.6 Å². The van der Waals surface area contributed by atoms with Crippen molar-refractivity contribution in [2.75, 3.05) is 0 Å². The molecule has 3 rings (SSSR count). The minimum atomic E-state index is -0.0116. The highest BCUT2D eigenvalue weighted by Gasteiger charge is 2.35. The molecule has 1 saturated carbocycles. The van der Waals surface area contributed by atoms with Gasteiger partial charge in [0.05, 0.1) is 6.04 Å². The van der Waals surface area contributed by atoms with Crippen LogP contribution in [-0.4, -0.2) is 30.6 Å². The van der Waals surface area contributed by atoms with Crippen molar-refractivity contribution in [1.82, 2.24) is 30.0 Å². The third kappa shape index (κ3) is 3.41. The van der Waals surface area contributed by atoms with E-state index in [-0.39, 0.29) is 17.2 Å². The molecule has 2 aromatic heterocycles. The van der Waals surface area contributed by atoms with Gasteiger partial charge < -0.3 is 9.88 Å². The third-order valence-electron chi connectivity index (χ3n) is 3.64. The van der Waals surface area contributed by atoms with E-state index in [1.165, 1.54) is 0 Å². The second kappa shape index (κ2) is 5.85. The van der Waals surface area contributed by atoms with Crippen molar-refractivity contribution < 1.29 is 4.79 Å². The van der Waals surface area contributed by atoms with Crippen LogP contribution in [0.25, 0.3) is 0 Å². The second-order valence-electron chi connectivity index (χ2n) is 5.33. The topological polar surface area (TPSA) is 88.5 Å². The van der Waals surface area contributed by atoms with Crippen LogP contribution in [0.15, 0.2) is 12.4 Å². The van der Waals surface area contributed by atoms with Gasteiger partial charge in [-0.15, -0.1) is 5.10 Å². The Hall–Kier alpha value is -1.89. The molecule has 1 aliphatic rings. The van der Waals surface area contributed by atoms with E-state index in [1.54, 1.807) is 6.20 Å². The first-order valence-electron chi connectivity index (χ1n) is 6.97. The van der Waals surface area contributed by atoms with Gasteiger partial charge in [-0.2, -0.15) is 0 Å². The number of hydrogen-bond acceptors (Lipinski definition) is 4. The van der Waals surface area contributed by atoms with E-state index in [1.807, 2.05) is 17.8 Å². The Balaban J connectivity index is 1.58. The zero-order chi connectivity index (χ0) is 14.8. The number of nitrogens with one attached hydrogen (secondary N) is 2. The highest BCUT2D eigenvalue weighted by Crippen LogP contribution is 2.40. The monoisotopic (exact) mass is 308 g/mol. The summed E-state index contributed by atoms with van der Waals surface area (Å²) in [4.78, 5) is 20.5. The van der Waals surface area contributed by atoms with E-state index >= 15 is 0 Å². The molecule has 112 valence electrons. The van der Waals surface area contributed by atoms with Crippen molar-refractivity contribution in [1.29, 1.82) is 0 Å². The number of hydrogen-bond donors (Lipinski definition) is 2. The summed E-state index contributed by atoms with van der Waals surface area (Å²) >= 11 is 5.63. The molecule has 1 amide bonds. The maximum Gasteiger partial charge on any atom is 0.242 e. The minimum Gasteiger partial charge on any atom is -0.346 e. The van der Waals surface area contributed by atoms with Crippen molar-refractivity contribution in [3.63, 3.8) is 0 Å². The summed E-state index contributed by atoms with van der Waals surface area (Å²) in [6, 6.07) is -0.00388. The first-order valence-corrected chi connectivity index (χ1v) is 7.34. The van der Waals surface area contributed by atoms with Gasteiger partial charge in [-0.3, -0.25) is 9.89 Å². The zero-order valence-corrected chi connectivity index (χ0v) is 12.5. The van der Waals surface area contributed by atoms with Crippen LogP contribution >= 0.6 is 11.6 Å². The highest BCUT2D eigenvalue weighted by atomic mass is 35.5. The number of carbonyl (C=O) groups excluding carboxylic acids is 1. The number of aryl methyl sites for hydroxylation is 2. The van der Waals surface area contributed by atoms with Crippen LogP contribution in [0.4, 0.5) is 0 Å². The molecule has 0 aliphatic heterocycles. The number of aromatic amines is 1. The lowest BCUT2D eigenvalue weighted by atomic mass is 10.1. The number of rotatable bonds is 6. The van der Waals surface area contributed by atoms with Crippen LogP contribution in [0.2, 0.25) is 5.28 Å². The lowest BCUT2D eigenvalue weighted by Gasteiger charge is -2.18. The molecule has 7 nitrogen and oxygen atoms in total. The number of aromatic nitrogens is 5. The fourth-order valence-electron chi connectivity index (χ4n) is 2.36. The van der Waals surface area contributed by atoms with Crippen molar-refractivity contribution >= 4 is 17.5 Å². The fraction of sp³-hybridized carbons (Fsp3) is 0.538. The fourth-order valence-corrected chi connectivity index (χ4v) is 2.51. The summed E-state index contributed by atoms with van der Waals surface area (Å²) in [5.41, 5.74) is 0. The van der Waals surface area contributed by atoms with Crippen molar-refractivity contribution in [3.8, 4) is 0 Å². The quantitative estimate of drug-likeness (QED) is 0.844. The Bertz CT molecular complexity index is 632. The molecule has 0 radical (unpaired) electrons. The SMILES string of the molecule is Cn1ccnc1[C@H](NC(=O)CCc1nc(Cl)n[nH]1)C1CC1. The van der Waals surface area contributed by atoms with E-state index in [2.05, 4.69) is 25.5 Å². The molecule has 1 atom stereocenters. The van der Waals surface area contributed by atoms with Gasteiger partial charge in [-0.1, -0.05) is 0 Å². The Kier molecular flexibility index (Phi) is 3.92. The van der Waals surface area contributed by atoms with Gasteiger partial charge in [-0.05, 0) is 30.4 Å². The van der Waals surface area contributed by atoms with E-state index in [9.17, 15) is 4.79 Å². The van der Waals surface area contributed by atoms with Gasteiger partial charge in [0.25, 0.3) is 0 Å². The number of nitrogens with zero attached hydrogens (tertiary/aromatic N) is 4. The highest BCUT2D eigenvalue weighted by molar-refractivity contribution is 6.28. The van der Waals surface area contributed by atoms with Gasteiger partial charge in [0.2, 0.25) is 11.2 Å². The average molecular weight is 309 g/mol. The third-order valence-corrected chi connectivity index (χ3v) is 3.81. The summed E-state index contributed by atoms with van der Waals surface area (Å²) in [5.74, 6) is 2.01. The van der Waals surface area contributed by atoms with Crippen LogP contribution in [0.5, 0.6) is 0 Å². The summed E-state index contributed by atoms with van der Waals surface area (Å²) in [6.45, 7) is 0. The largest absolute Gasteiger partial charge is 0.346 e. The Morgan fingerprint density at radius 2 is 2.43 bits per heavy atom. The number of amides is 1. The molecule has 0 unspecified atom stereocenters. The van der Waals surface area contributed by atoms with Crippen LogP contribution < -0.4 is 5.32 Å². The Morgan fingerprint density at radius 1 is 1.62 bits per heavy atom. The minimum absolute atomic E-state index is 0.00388. The molecule has 2 aromatic rings. The normalized spacial score (nSPS) is 15.9. The van der Waals surface area contributed by atoms with Gasteiger partial charge in [-0.25, -0.2) is 9.97 Å². The molecule has 1 fully saturated rings. The van der Waals surface area contributed by atoms with Crippen LogP contribution in [0.3, 0.4) is 0 Å². The molecular weight excluding hydrogens is 292 g/mol. The van der Waals surface area contributed by atoms with Gasteiger partial charge in [0.15, 0.2) is 0 Å². The molecule has 0 spiro atoms. The molecular formula is C13H17ClN6O. The van der Waals surface area contributed by atoms with Crippen LogP contribution in [-0.2, 0) is 18.3 Å². The zero-order valence-electron chi connectivity index (χ0n) is 11.7. The summed E-state index contributed by atoms with van der Waals surface area (Å²) in [5, 5.41) is 9.68. The predicted molar refractivity (Wildman–Crippen MR) is 76.5 cm³/mol. The van der Waals surface area contributed by atoms with E-state index in [0.29, 0.717) is 24.6 Å². The van der Waals surface area contributed by atoms with Gasteiger partial charge >= 0.3 is 0 Å². The molecule has 21 heavy (non-hydrogen) atoms. The van der Waals surface area contributed by atoms with Crippen molar-refractivity contribution in [2.45, 2.75) is 31.7 Å². The predicted octanol–water partition coefficient (Wildman–Crippen LogP) is 1.39. The molecule has 0 saturated heterocycles.